The van der Waals surface area contributed by atoms with E-state index in [1.807, 2.05) is 19.1 Å². The van der Waals surface area contributed by atoms with Crippen molar-refractivity contribution >= 4 is 11.9 Å². The first-order chi connectivity index (χ1) is 12.7. The number of furan rings is 1. The van der Waals surface area contributed by atoms with Gasteiger partial charge in [-0.05, 0) is 36.8 Å². The van der Waals surface area contributed by atoms with Gasteiger partial charge in [-0.15, -0.1) is 0 Å². The fourth-order valence-electron chi connectivity index (χ4n) is 2.31. The monoisotopic (exact) mass is 360 g/mol. The van der Waals surface area contributed by atoms with Crippen LogP contribution >= 0.6 is 0 Å². The van der Waals surface area contributed by atoms with Gasteiger partial charge >= 0.3 is 0 Å². The molecular formula is C19H25FN4O2. The molecule has 0 aliphatic carbocycles. The van der Waals surface area contributed by atoms with Crippen LogP contribution in [0.3, 0.4) is 0 Å². The molecule has 2 aromatic rings. The van der Waals surface area contributed by atoms with E-state index in [2.05, 4.69) is 20.9 Å². The molecule has 7 heteroatoms. The SMILES string of the molecule is CCNC(=NCCc1ccco1)NCCNC(=O)Cc1ccc(F)cc1. The summed E-state index contributed by atoms with van der Waals surface area (Å²) in [6, 6.07) is 9.71. The summed E-state index contributed by atoms with van der Waals surface area (Å²) in [6.45, 7) is 4.39. The summed E-state index contributed by atoms with van der Waals surface area (Å²) in [6.07, 6.45) is 2.62. The molecule has 0 bridgehead atoms. The van der Waals surface area contributed by atoms with Gasteiger partial charge in [0.25, 0.3) is 0 Å². The lowest BCUT2D eigenvalue weighted by atomic mass is 10.1. The van der Waals surface area contributed by atoms with E-state index in [1.54, 1.807) is 18.4 Å². The zero-order chi connectivity index (χ0) is 18.6. The number of rotatable bonds is 9. The van der Waals surface area contributed by atoms with Crippen molar-refractivity contribution in [3.8, 4) is 0 Å². The number of halogens is 1. The average Bonchev–Trinajstić information content (AvgIpc) is 3.14. The van der Waals surface area contributed by atoms with Crippen LogP contribution in [0.4, 0.5) is 4.39 Å². The molecule has 6 nitrogen and oxygen atoms in total. The lowest BCUT2D eigenvalue weighted by molar-refractivity contribution is -0.120. The third-order valence-corrected chi connectivity index (χ3v) is 3.57. The Morgan fingerprint density at radius 1 is 1.12 bits per heavy atom. The van der Waals surface area contributed by atoms with Crippen LogP contribution in [0.1, 0.15) is 18.2 Å². The highest BCUT2D eigenvalue weighted by atomic mass is 19.1. The van der Waals surface area contributed by atoms with E-state index in [4.69, 9.17) is 4.42 Å². The number of aliphatic imine (C=N–C) groups is 1. The molecule has 0 saturated heterocycles. The third-order valence-electron chi connectivity index (χ3n) is 3.57. The topological polar surface area (TPSA) is 78.7 Å². The molecule has 0 spiro atoms. The summed E-state index contributed by atoms with van der Waals surface area (Å²) >= 11 is 0. The first-order valence-corrected chi connectivity index (χ1v) is 8.73. The maximum absolute atomic E-state index is 12.8. The smallest absolute Gasteiger partial charge is 0.224 e. The molecule has 0 fully saturated rings. The van der Waals surface area contributed by atoms with Gasteiger partial charge in [0.05, 0.1) is 12.7 Å². The molecule has 140 valence electrons. The molecule has 0 radical (unpaired) electrons. The van der Waals surface area contributed by atoms with Crippen molar-refractivity contribution in [3.63, 3.8) is 0 Å². The van der Waals surface area contributed by atoms with E-state index in [0.29, 0.717) is 25.6 Å². The minimum atomic E-state index is -0.305. The Morgan fingerprint density at radius 3 is 2.58 bits per heavy atom. The van der Waals surface area contributed by atoms with Crippen LogP contribution in [0.5, 0.6) is 0 Å². The second-order valence-corrected chi connectivity index (χ2v) is 5.67. The predicted octanol–water partition coefficient (Wildman–Crippen LogP) is 1.88. The first kappa shape index (κ1) is 19.5. The van der Waals surface area contributed by atoms with Crippen molar-refractivity contribution in [2.24, 2.45) is 4.99 Å². The summed E-state index contributed by atoms with van der Waals surface area (Å²) in [4.78, 5) is 16.3. The maximum atomic E-state index is 12.8. The Hall–Kier alpha value is -2.83. The fourth-order valence-corrected chi connectivity index (χ4v) is 2.31. The molecule has 0 aliphatic rings. The summed E-state index contributed by atoms with van der Waals surface area (Å²) in [5, 5.41) is 9.16. The lowest BCUT2D eigenvalue weighted by Gasteiger charge is -2.11. The van der Waals surface area contributed by atoms with Gasteiger partial charge in [0, 0.05) is 32.6 Å². The molecule has 0 aliphatic heterocycles. The Bertz CT molecular complexity index is 684. The minimum Gasteiger partial charge on any atom is -0.469 e. The summed E-state index contributed by atoms with van der Waals surface area (Å²) in [5.74, 6) is 1.20. The third kappa shape index (κ3) is 7.38. The Morgan fingerprint density at radius 2 is 1.88 bits per heavy atom. The average molecular weight is 360 g/mol. The van der Waals surface area contributed by atoms with Crippen LogP contribution in [0.2, 0.25) is 0 Å². The van der Waals surface area contributed by atoms with E-state index in [1.165, 1.54) is 12.1 Å². The zero-order valence-electron chi connectivity index (χ0n) is 14.9. The van der Waals surface area contributed by atoms with E-state index >= 15 is 0 Å². The van der Waals surface area contributed by atoms with Crippen LogP contribution in [-0.4, -0.2) is 38.0 Å². The molecule has 0 saturated carbocycles. The molecule has 1 amide bonds. The van der Waals surface area contributed by atoms with Gasteiger partial charge in [-0.3, -0.25) is 9.79 Å². The quantitative estimate of drug-likeness (QED) is 0.362. The molecule has 26 heavy (non-hydrogen) atoms. The summed E-state index contributed by atoms with van der Waals surface area (Å²) in [5.41, 5.74) is 0.782. The number of carbonyl (C=O) groups is 1. The Kier molecular flexibility index (Phi) is 8.18. The lowest BCUT2D eigenvalue weighted by Crippen LogP contribution is -2.41. The molecule has 3 N–H and O–H groups in total. The van der Waals surface area contributed by atoms with Crippen molar-refractivity contribution in [2.75, 3.05) is 26.2 Å². The number of nitrogens with zero attached hydrogens (tertiary/aromatic N) is 1. The normalized spacial score (nSPS) is 11.2. The van der Waals surface area contributed by atoms with Gasteiger partial charge in [0.15, 0.2) is 5.96 Å². The van der Waals surface area contributed by atoms with Crippen LogP contribution < -0.4 is 16.0 Å². The van der Waals surface area contributed by atoms with Crippen molar-refractivity contribution in [3.05, 3.63) is 59.8 Å². The Labute approximate surface area is 152 Å². The van der Waals surface area contributed by atoms with Gasteiger partial charge < -0.3 is 20.4 Å². The van der Waals surface area contributed by atoms with Gasteiger partial charge in [-0.2, -0.15) is 0 Å². The second kappa shape index (κ2) is 10.9. The van der Waals surface area contributed by atoms with Gasteiger partial charge in [-0.25, -0.2) is 4.39 Å². The van der Waals surface area contributed by atoms with E-state index in [0.717, 1.165) is 24.3 Å². The number of benzene rings is 1. The number of nitrogens with one attached hydrogen (secondary N) is 3. The number of hydrogen-bond donors (Lipinski definition) is 3. The molecule has 2 rings (SSSR count). The number of hydrogen-bond acceptors (Lipinski definition) is 3. The predicted molar refractivity (Wildman–Crippen MR) is 99.5 cm³/mol. The molecular weight excluding hydrogens is 335 g/mol. The van der Waals surface area contributed by atoms with Crippen LogP contribution in [0.15, 0.2) is 52.1 Å². The van der Waals surface area contributed by atoms with Crippen LogP contribution in [0, 0.1) is 5.82 Å². The van der Waals surface area contributed by atoms with Crippen molar-refractivity contribution in [2.45, 2.75) is 19.8 Å². The fraction of sp³-hybridized carbons (Fsp3) is 0.368. The highest BCUT2D eigenvalue weighted by molar-refractivity contribution is 5.80. The minimum absolute atomic E-state index is 0.0989. The molecule has 0 unspecified atom stereocenters. The van der Waals surface area contributed by atoms with Gasteiger partial charge in [-0.1, -0.05) is 12.1 Å². The van der Waals surface area contributed by atoms with Crippen molar-refractivity contribution in [1.82, 2.24) is 16.0 Å². The van der Waals surface area contributed by atoms with Crippen molar-refractivity contribution in [1.29, 1.82) is 0 Å². The van der Waals surface area contributed by atoms with Gasteiger partial charge in [0.1, 0.15) is 11.6 Å². The summed E-state index contributed by atoms with van der Waals surface area (Å²) < 4.78 is 18.1. The number of amides is 1. The highest BCUT2D eigenvalue weighted by Crippen LogP contribution is 2.03. The van der Waals surface area contributed by atoms with E-state index < -0.39 is 0 Å². The zero-order valence-corrected chi connectivity index (χ0v) is 14.9. The second-order valence-electron chi connectivity index (χ2n) is 5.67. The van der Waals surface area contributed by atoms with Crippen LogP contribution in [-0.2, 0) is 17.6 Å². The summed E-state index contributed by atoms with van der Waals surface area (Å²) in [7, 11) is 0. The molecule has 1 heterocycles. The standard InChI is InChI=1S/C19H25FN4O2/c1-2-21-19(23-10-9-17-4-3-13-26-17)24-12-11-22-18(25)14-15-5-7-16(20)8-6-15/h3-8,13H,2,9-12,14H2,1H3,(H,22,25)(H2,21,23,24). The highest BCUT2D eigenvalue weighted by Gasteiger charge is 2.03. The van der Waals surface area contributed by atoms with E-state index in [9.17, 15) is 9.18 Å². The molecule has 1 aromatic heterocycles. The number of carbonyl (C=O) groups excluding carboxylic acids is 1. The van der Waals surface area contributed by atoms with E-state index in [-0.39, 0.29) is 18.1 Å². The Balaban J connectivity index is 1.66. The maximum Gasteiger partial charge on any atom is 0.224 e. The number of guanidine groups is 1. The molecule has 1 aromatic carbocycles. The van der Waals surface area contributed by atoms with Gasteiger partial charge in [0.2, 0.25) is 5.91 Å². The largest absolute Gasteiger partial charge is 0.469 e. The first-order valence-electron chi connectivity index (χ1n) is 8.73. The van der Waals surface area contributed by atoms with Crippen molar-refractivity contribution < 1.29 is 13.6 Å². The van der Waals surface area contributed by atoms with Crippen LogP contribution in [0.25, 0.3) is 0 Å². The molecule has 0 atom stereocenters.